The second-order valence-corrected chi connectivity index (χ2v) is 9.25. The predicted molar refractivity (Wildman–Crippen MR) is 135 cm³/mol. The first-order valence-electron chi connectivity index (χ1n) is 11.6. The van der Waals surface area contributed by atoms with E-state index in [1.807, 2.05) is 30.3 Å². The van der Waals surface area contributed by atoms with Gasteiger partial charge >= 0.3 is 0 Å². The Morgan fingerprint density at radius 2 is 1.83 bits per heavy atom. The van der Waals surface area contributed by atoms with Crippen LogP contribution in [0.2, 0.25) is 0 Å². The van der Waals surface area contributed by atoms with Crippen LogP contribution in [0.3, 0.4) is 0 Å². The molecule has 1 saturated heterocycles. The van der Waals surface area contributed by atoms with Gasteiger partial charge < -0.3 is 20.9 Å². The number of nitrogens with one attached hydrogen (secondary N) is 3. The minimum Gasteiger partial charge on any atom is -0.339 e. The van der Waals surface area contributed by atoms with E-state index in [9.17, 15) is 18.8 Å². The Bertz CT molecular complexity index is 1220. The third kappa shape index (κ3) is 5.58. The number of hydrogen-bond donors (Lipinski definition) is 3. The van der Waals surface area contributed by atoms with E-state index in [1.54, 1.807) is 14.0 Å². The van der Waals surface area contributed by atoms with E-state index < -0.39 is 29.8 Å². The van der Waals surface area contributed by atoms with Crippen LogP contribution in [-0.4, -0.2) is 57.9 Å². The summed E-state index contributed by atoms with van der Waals surface area (Å²) in [5.74, 6) is -1.62. The number of likely N-dealkylation sites (N-methyl/N-ethyl adjacent to an activating group) is 1. The van der Waals surface area contributed by atoms with Gasteiger partial charge in [0.15, 0.2) is 0 Å². The molecule has 188 valence electrons. The SMILES string of the molecule is CN[C@@H](C)C(=O)N[C@H](C(=O)N1CCC[C@H]1C(=O)Nc1snnc1-c1ccccc1)c1ccc(F)cc1. The lowest BCUT2D eigenvalue weighted by atomic mass is 10.0. The van der Waals surface area contributed by atoms with E-state index in [0.29, 0.717) is 35.6 Å². The van der Waals surface area contributed by atoms with Crippen molar-refractivity contribution in [2.75, 3.05) is 18.9 Å². The van der Waals surface area contributed by atoms with Gasteiger partial charge in [0, 0.05) is 23.6 Å². The van der Waals surface area contributed by atoms with Crippen LogP contribution in [0.5, 0.6) is 0 Å². The maximum Gasteiger partial charge on any atom is 0.250 e. The molecule has 3 aromatic rings. The van der Waals surface area contributed by atoms with Crippen molar-refractivity contribution >= 4 is 34.3 Å². The van der Waals surface area contributed by atoms with Gasteiger partial charge in [-0.2, -0.15) is 0 Å². The average molecular weight is 511 g/mol. The summed E-state index contributed by atoms with van der Waals surface area (Å²) < 4.78 is 17.5. The molecule has 3 atom stereocenters. The number of carbonyl (C=O) groups excluding carboxylic acids is 3. The van der Waals surface area contributed by atoms with Crippen LogP contribution in [-0.2, 0) is 14.4 Å². The van der Waals surface area contributed by atoms with Gasteiger partial charge in [-0.1, -0.05) is 47.0 Å². The maximum absolute atomic E-state index is 13.7. The smallest absolute Gasteiger partial charge is 0.250 e. The van der Waals surface area contributed by atoms with Gasteiger partial charge in [0.2, 0.25) is 17.7 Å². The number of rotatable bonds is 8. The van der Waals surface area contributed by atoms with Crippen molar-refractivity contribution in [3.05, 3.63) is 66.0 Å². The van der Waals surface area contributed by atoms with E-state index in [0.717, 1.165) is 17.1 Å². The Morgan fingerprint density at radius 1 is 1.11 bits per heavy atom. The van der Waals surface area contributed by atoms with Crippen LogP contribution in [0.15, 0.2) is 54.6 Å². The largest absolute Gasteiger partial charge is 0.339 e. The van der Waals surface area contributed by atoms with Crippen molar-refractivity contribution in [3.8, 4) is 11.3 Å². The van der Waals surface area contributed by atoms with Crippen molar-refractivity contribution in [2.45, 2.75) is 37.9 Å². The van der Waals surface area contributed by atoms with Crippen molar-refractivity contribution in [1.82, 2.24) is 25.1 Å². The van der Waals surface area contributed by atoms with E-state index in [4.69, 9.17) is 0 Å². The van der Waals surface area contributed by atoms with Crippen molar-refractivity contribution in [2.24, 2.45) is 0 Å². The molecule has 11 heteroatoms. The first kappa shape index (κ1) is 25.4. The predicted octanol–water partition coefficient (Wildman–Crippen LogP) is 2.74. The lowest BCUT2D eigenvalue weighted by Crippen LogP contribution is -2.51. The zero-order chi connectivity index (χ0) is 25.7. The molecule has 1 aliphatic rings. The van der Waals surface area contributed by atoms with Crippen LogP contribution in [0, 0.1) is 5.82 Å². The molecule has 0 aliphatic carbocycles. The molecule has 0 radical (unpaired) electrons. The van der Waals surface area contributed by atoms with E-state index >= 15 is 0 Å². The van der Waals surface area contributed by atoms with Crippen molar-refractivity contribution in [3.63, 3.8) is 0 Å². The number of likely N-dealkylation sites (tertiary alicyclic amines) is 1. The molecule has 3 N–H and O–H groups in total. The molecule has 0 bridgehead atoms. The van der Waals surface area contributed by atoms with Crippen LogP contribution >= 0.6 is 11.5 Å². The summed E-state index contributed by atoms with van der Waals surface area (Å²) in [4.78, 5) is 41.1. The molecule has 4 rings (SSSR count). The highest BCUT2D eigenvalue weighted by Gasteiger charge is 2.39. The second-order valence-electron chi connectivity index (χ2n) is 8.50. The van der Waals surface area contributed by atoms with Crippen molar-refractivity contribution in [1.29, 1.82) is 0 Å². The third-order valence-corrected chi connectivity index (χ3v) is 6.81. The number of benzene rings is 2. The first-order chi connectivity index (χ1) is 17.4. The van der Waals surface area contributed by atoms with Crippen LogP contribution in [0.1, 0.15) is 31.4 Å². The second kappa shape index (κ2) is 11.4. The lowest BCUT2D eigenvalue weighted by molar-refractivity contribution is -0.140. The molecule has 3 amide bonds. The van der Waals surface area contributed by atoms with Gasteiger partial charge in [0.05, 0.1) is 6.04 Å². The summed E-state index contributed by atoms with van der Waals surface area (Å²) in [6.07, 6.45) is 1.11. The summed E-state index contributed by atoms with van der Waals surface area (Å²) in [6.45, 7) is 2.03. The van der Waals surface area contributed by atoms with Crippen LogP contribution in [0.25, 0.3) is 11.3 Å². The molecular formula is C25H27FN6O3S. The molecular weight excluding hydrogens is 483 g/mol. The molecule has 0 spiro atoms. The zero-order valence-electron chi connectivity index (χ0n) is 19.9. The summed E-state index contributed by atoms with van der Waals surface area (Å²) >= 11 is 1.06. The fourth-order valence-electron chi connectivity index (χ4n) is 4.06. The number of nitrogens with zero attached hydrogens (tertiary/aromatic N) is 3. The monoisotopic (exact) mass is 510 g/mol. The average Bonchev–Trinajstić information content (AvgIpc) is 3.57. The van der Waals surface area contributed by atoms with E-state index in [-0.39, 0.29) is 11.8 Å². The highest BCUT2D eigenvalue weighted by molar-refractivity contribution is 7.10. The number of aromatic nitrogens is 2. The quantitative estimate of drug-likeness (QED) is 0.429. The maximum atomic E-state index is 13.7. The highest BCUT2D eigenvalue weighted by Crippen LogP contribution is 2.30. The Balaban J connectivity index is 1.55. The molecule has 9 nitrogen and oxygen atoms in total. The Kier molecular flexibility index (Phi) is 8.01. The molecule has 0 saturated carbocycles. The number of carbonyl (C=O) groups is 3. The first-order valence-corrected chi connectivity index (χ1v) is 12.4. The van der Waals surface area contributed by atoms with Gasteiger partial charge in [-0.15, -0.1) is 5.10 Å². The van der Waals surface area contributed by atoms with Crippen LogP contribution in [0.4, 0.5) is 9.39 Å². The minimum atomic E-state index is -1.06. The summed E-state index contributed by atoms with van der Waals surface area (Å²) in [7, 11) is 1.64. The lowest BCUT2D eigenvalue weighted by Gasteiger charge is -2.29. The summed E-state index contributed by atoms with van der Waals surface area (Å²) in [5, 5.41) is 13.1. The van der Waals surface area contributed by atoms with Gasteiger partial charge in [0.25, 0.3) is 0 Å². The number of halogens is 1. The van der Waals surface area contributed by atoms with Gasteiger partial charge in [-0.25, -0.2) is 4.39 Å². The fourth-order valence-corrected chi connectivity index (χ4v) is 4.66. The molecule has 36 heavy (non-hydrogen) atoms. The number of hydrogen-bond acceptors (Lipinski definition) is 7. The molecule has 1 fully saturated rings. The third-order valence-electron chi connectivity index (χ3n) is 6.17. The molecule has 2 heterocycles. The molecule has 2 aromatic carbocycles. The van der Waals surface area contributed by atoms with E-state index in [2.05, 4.69) is 25.5 Å². The standard InChI is InChI=1S/C25H27FN6O3S/c1-15(27-2)22(33)28-21(17-10-12-18(26)13-11-17)25(35)32-14-6-9-19(32)23(34)29-24-20(30-31-36-24)16-7-4-3-5-8-16/h3-5,7-8,10-13,15,19,21,27H,6,9,14H2,1-2H3,(H,28,33)(H,29,34)/t15-,19-,21-/m0/s1. The minimum absolute atomic E-state index is 0.350. The molecule has 1 aromatic heterocycles. The zero-order valence-corrected chi connectivity index (χ0v) is 20.7. The van der Waals surface area contributed by atoms with Crippen LogP contribution < -0.4 is 16.0 Å². The van der Waals surface area contributed by atoms with E-state index in [1.165, 1.54) is 29.2 Å². The summed E-state index contributed by atoms with van der Waals surface area (Å²) in [6, 6.07) is 12.4. The number of amides is 3. The topological polar surface area (TPSA) is 116 Å². The normalized spacial score (nSPS) is 16.9. The molecule has 0 unspecified atom stereocenters. The van der Waals surface area contributed by atoms with Gasteiger partial charge in [-0.05, 0) is 44.5 Å². The Morgan fingerprint density at radius 3 is 2.53 bits per heavy atom. The number of anilines is 1. The fraction of sp³-hybridized carbons (Fsp3) is 0.320. The summed E-state index contributed by atoms with van der Waals surface area (Å²) in [5.41, 5.74) is 1.81. The Hall–Kier alpha value is -3.70. The molecule has 1 aliphatic heterocycles. The van der Waals surface area contributed by atoms with Gasteiger partial charge in [-0.3, -0.25) is 14.4 Å². The Labute approximate surface area is 212 Å². The van der Waals surface area contributed by atoms with Gasteiger partial charge in [0.1, 0.15) is 28.6 Å². The highest BCUT2D eigenvalue weighted by atomic mass is 32.1. The van der Waals surface area contributed by atoms with Crippen molar-refractivity contribution < 1.29 is 18.8 Å².